The van der Waals surface area contributed by atoms with E-state index in [2.05, 4.69) is 9.97 Å². The molecule has 0 bridgehead atoms. The summed E-state index contributed by atoms with van der Waals surface area (Å²) in [6, 6.07) is 16.4. The zero-order chi connectivity index (χ0) is 22.9. The number of carbonyl (C=O) groups excluding carboxylic acids is 1. The molecule has 1 unspecified atom stereocenters. The molecule has 7 nitrogen and oxygen atoms in total. The highest BCUT2D eigenvalue weighted by Gasteiger charge is 2.32. The number of nitrogens with one attached hydrogen (secondary N) is 1. The van der Waals surface area contributed by atoms with Gasteiger partial charge in [0.15, 0.2) is 0 Å². The van der Waals surface area contributed by atoms with Crippen molar-refractivity contribution in [1.29, 1.82) is 0 Å². The van der Waals surface area contributed by atoms with Gasteiger partial charge in [0, 0.05) is 28.3 Å². The number of primary amides is 1. The average molecular weight is 469 g/mol. The van der Waals surface area contributed by atoms with Gasteiger partial charge in [-0.05, 0) is 55.0 Å². The number of fused-ring (bicyclic) bond motifs is 1. The smallest absolute Gasteiger partial charge is 0.237 e. The second-order valence-corrected chi connectivity index (χ2v) is 9.68. The summed E-state index contributed by atoms with van der Waals surface area (Å²) in [7, 11) is -3.96. The molecule has 32 heavy (non-hydrogen) atoms. The van der Waals surface area contributed by atoms with Crippen molar-refractivity contribution in [2.24, 2.45) is 5.73 Å². The first-order valence-electron chi connectivity index (χ1n) is 9.85. The van der Waals surface area contributed by atoms with Crippen molar-refractivity contribution >= 4 is 44.1 Å². The molecule has 0 aliphatic heterocycles. The molecule has 2 heterocycles. The van der Waals surface area contributed by atoms with Crippen LogP contribution in [0, 0.1) is 0 Å². The average Bonchev–Trinajstić information content (AvgIpc) is 3.17. The molecule has 164 valence electrons. The summed E-state index contributed by atoms with van der Waals surface area (Å²) in [4.78, 5) is 21.1. The lowest BCUT2D eigenvalue weighted by atomic mass is 10.1. The summed E-state index contributed by atoms with van der Waals surface area (Å²) in [5, 5.41) is 0.837. The number of hydrogen-bond donors (Lipinski definition) is 2. The second-order valence-electron chi connectivity index (χ2n) is 7.36. The number of amides is 1. The third kappa shape index (κ3) is 4.06. The molecule has 1 atom stereocenters. The van der Waals surface area contributed by atoms with E-state index in [0.29, 0.717) is 15.9 Å². The van der Waals surface area contributed by atoms with Crippen molar-refractivity contribution in [3.63, 3.8) is 0 Å². The van der Waals surface area contributed by atoms with Crippen LogP contribution in [-0.2, 0) is 14.6 Å². The van der Waals surface area contributed by atoms with E-state index in [1.165, 1.54) is 12.1 Å². The standard InChI is InChI=1S/C23H21ClN4O3S/c1-15(16-9-11-26-12-10-16)28(14-21(25)29)23-22(19-13-17(24)7-8-20(19)27-23)32(30,31)18-5-3-2-4-6-18/h2-13,15,27H,14H2,1H3,(H2,25,29). The number of benzene rings is 2. The van der Waals surface area contributed by atoms with Gasteiger partial charge in [-0.15, -0.1) is 0 Å². The van der Waals surface area contributed by atoms with Gasteiger partial charge in [-0.3, -0.25) is 9.78 Å². The number of halogens is 1. The maximum atomic E-state index is 13.8. The number of rotatable bonds is 7. The largest absolute Gasteiger partial charge is 0.368 e. The molecule has 3 N–H and O–H groups in total. The zero-order valence-corrected chi connectivity index (χ0v) is 18.8. The van der Waals surface area contributed by atoms with Crippen LogP contribution in [0.25, 0.3) is 10.9 Å². The molecular weight excluding hydrogens is 448 g/mol. The summed E-state index contributed by atoms with van der Waals surface area (Å²) in [5.74, 6) is -0.320. The van der Waals surface area contributed by atoms with Gasteiger partial charge in [0.25, 0.3) is 0 Å². The fourth-order valence-electron chi connectivity index (χ4n) is 3.72. The number of sulfone groups is 1. The van der Waals surface area contributed by atoms with Crippen LogP contribution < -0.4 is 10.6 Å². The lowest BCUT2D eigenvalue weighted by Crippen LogP contribution is -2.36. The highest BCUT2D eigenvalue weighted by atomic mass is 35.5. The minimum absolute atomic E-state index is 0.0448. The number of nitrogens with zero attached hydrogens (tertiary/aromatic N) is 2. The van der Waals surface area contributed by atoms with Gasteiger partial charge >= 0.3 is 0 Å². The van der Waals surface area contributed by atoms with Crippen molar-refractivity contribution in [2.45, 2.75) is 22.8 Å². The van der Waals surface area contributed by atoms with E-state index in [1.54, 1.807) is 53.7 Å². The first-order valence-corrected chi connectivity index (χ1v) is 11.7. The van der Waals surface area contributed by atoms with Crippen LogP contribution in [0.2, 0.25) is 5.02 Å². The highest BCUT2D eigenvalue weighted by Crippen LogP contribution is 2.40. The van der Waals surface area contributed by atoms with Crippen LogP contribution in [0.5, 0.6) is 0 Å². The second kappa shape index (κ2) is 8.64. The monoisotopic (exact) mass is 468 g/mol. The quantitative estimate of drug-likeness (QED) is 0.424. The molecule has 0 saturated carbocycles. The Kier molecular flexibility index (Phi) is 5.90. The van der Waals surface area contributed by atoms with Crippen LogP contribution in [-0.4, -0.2) is 30.8 Å². The van der Waals surface area contributed by atoms with E-state index in [-0.39, 0.29) is 28.2 Å². The number of aromatic nitrogens is 2. The first-order chi connectivity index (χ1) is 15.3. The van der Waals surface area contributed by atoms with Gasteiger partial charge < -0.3 is 15.6 Å². The van der Waals surface area contributed by atoms with Crippen LogP contribution in [0.15, 0.2) is 82.8 Å². The van der Waals surface area contributed by atoms with E-state index in [9.17, 15) is 13.2 Å². The van der Waals surface area contributed by atoms with Gasteiger partial charge in [0.1, 0.15) is 10.7 Å². The van der Waals surface area contributed by atoms with Gasteiger partial charge in [-0.25, -0.2) is 8.42 Å². The molecule has 0 fully saturated rings. The number of H-pyrrole nitrogens is 1. The van der Waals surface area contributed by atoms with E-state index in [4.69, 9.17) is 17.3 Å². The molecular formula is C23H21ClN4O3S. The minimum atomic E-state index is -3.96. The van der Waals surface area contributed by atoms with E-state index in [1.807, 2.05) is 19.1 Å². The molecule has 4 rings (SSSR count). The van der Waals surface area contributed by atoms with Gasteiger partial charge in [0.2, 0.25) is 15.7 Å². The molecule has 0 aliphatic carbocycles. The maximum Gasteiger partial charge on any atom is 0.237 e. The summed E-state index contributed by atoms with van der Waals surface area (Å²) in [5.41, 5.74) is 6.98. The zero-order valence-electron chi connectivity index (χ0n) is 17.2. The van der Waals surface area contributed by atoms with E-state index in [0.717, 1.165) is 5.56 Å². The molecule has 0 spiro atoms. The Labute approximate surface area is 190 Å². The third-order valence-electron chi connectivity index (χ3n) is 5.29. The van der Waals surface area contributed by atoms with Crippen LogP contribution in [0.1, 0.15) is 18.5 Å². The minimum Gasteiger partial charge on any atom is -0.368 e. The molecule has 0 saturated heterocycles. The van der Waals surface area contributed by atoms with E-state index >= 15 is 0 Å². The summed E-state index contributed by atoms with van der Waals surface area (Å²) < 4.78 is 27.5. The normalized spacial score (nSPS) is 12.6. The Morgan fingerprint density at radius 3 is 2.47 bits per heavy atom. The molecule has 4 aromatic rings. The van der Waals surface area contributed by atoms with Crippen molar-refractivity contribution < 1.29 is 13.2 Å². The van der Waals surface area contributed by atoms with Crippen molar-refractivity contribution in [1.82, 2.24) is 9.97 Å². The van der Waals surface area contributed by atoms with Crippen molar-refractivity contribution in [2.75, 3.05) is 11.4 Å². The van der Waals surface area contributed by atoms with Crippen molar-refractivity contribution in [3.05, 3.63) is 83.6 Å². The number of aromatic amines is 1. The SMILES string of the molecule is CC(c1ccncc1)N(CC(N)=O)c1[nH]c2ccc(Cl)cc2c1S(=O)(=O)c1ccccc1. The molecule has 2 aromatic heterocycles. The topological polar surface area (TPSA) is 109 Å². The Hall–Kier alpha value is -3.36. The summed E-state index contributed by atoms with van der Waals surface area (Å²) >= 11 is 6.21. The number of anilines is 1. The molecule has 0 aliphatic rings. The number of hydrogen-bond acceptors (Lipinski definition) is 5. The maximum absolute atomic E-state index is 13.8. The van der Waals surface area contributed by atoms with Crippen LogP contribution in [0.4, 0.5) is 5.82 Å². The van der Waals surface area contributed by atoms with Crippen LogP contribution in [0.3, 0.4) is 0 Å². The molecule has 0 radical (unpaired) electrons. The Morgan fingerprint density at radius 2 is 1.81 bits per heavy atom. The van der Waals surface area contributed by atoms with Crippen molar-refractivity contribution in [3.8, 4) is 0 Å². The van der Waals surface area contributed by atoms with Crippen LogP contribution >= 0.6 is 11.6 Å². The summed E-state index contributed by atoms with van der Waals surface area (Å²) in [6.07, 6.45) is 3.28. The molecule has 9 heteroatoms. The van der Waals surface area contributed by atoms with Gasteiger partial charge in [-0.2, -0.15) is 0 Å². The number of pyridine rings is 1. The van der Waals surface area contributed by atoms with E-state index < -0.39 is 15.7 Å². The molecule has 2 aromatic carbocycles. The first kappa shape index (κ1) is 21.9. The number of carbonyl (C=O) groups is 1. The predicted octanol–water partition coefficient (Wildman–Crippen LogP) is 4.10. The molecule has 1 amide bonds. The summed E-state index contributed by atoms with van der Waals surface area (Å²) in [6.45, 7) is 1.68. The highest BCUT2D eigenvalue weighted by molar-refractivity contribution is 7.92. The van der Waals surface area contributed by atoms with Gasteiger partial charge in [-0.1, -0.05) is 29.8 Å². The fraction of sp³-hybridized carbons (Fsp3) is 0.130. The lowest BCUT2D eigenvalue weighted by molar-refractivity contribution is -0.116. The Morgan fingerprint density at radius 1 is 1.12 bits per heavy atom. The number of nitrogens with two attached hydrogens (primary N) is 1. The Balaban J connectivity index is 2.00. The van der Waals surface area contributed by atoms with Gasteiger partial charge in [0.05, 0.1) is 17.5 Å². The third-order valence-corrected chi connectivity index (χ3v) is 7.36. The Bertz CT molecular complexity index is 1370. The lowest BCUT2D eigenvalue weighted by Gasteiger charge is -2.30. The fourth-order valence-corrected chi connectivity index (χ4v) is 5.52. The predicted molar refractivity (Wildman–Crippen MR) is 124 cm³/mol.